The largest absolute Gasteiger partial charge is 0.234 e. The molecule has 0 aromatic carbocycles. The normalized spacial score (nSPS) is 21.8. The van der Waals surface area contributed by atoms with E-state index in [9.17, 15) is 9.59 Å². The van der Waals surface area contributed by atoms with Crippen molar-refractivity contribution in [2.24, 2.45) is 9.98 Å². The van der Waals surface area contributed by atoms with Gasteiger partial charge in [0, 0.05) is 45.0 Å². The highest BCUT2D eigenvalue weighted by Gasteiger charge is 2.21. The van der Waals surface area contributed by atoms with Crippen LogP contribution in [0.4, 0.5) is 0 Å². The second-order valence-corrected chi connectivity index (χ2v) is 8.97. The lowest BCUT2D eigenvalue weighted by Crippen LogP contribution is -2.25. The molecule has 112 valence electrons. The maximum atomic E-state index is 9.92. The number of thioether (sulfide) groups is 4. The number of hydrogen-bond donors (Lipinski definition) is 0. The van der Waals surface area contributed by atoms with Crippen LogP contribution in [0, 0.1) is 0 Å². The highest BCUT2D eigenvalue weighted by Crippen LogP contribution is 2.33. The third-order valence-electron chi connectivity index (χ3n) is 2.47. The molecule has 0 aliphatic carbocycles. The van der Waals surface area contributed by atoms with Crippen LogP contribution in [0.5, 0.6) is 0 Å². The summed E-state index contributed by atoms with van der Waals surface area (Å²) in [5.74, 6) is 6.50. The van der Waals surface area contributed by atoms with Crippen LogP contribution in [0.2, 0.25) is 0 Å². The Labute approximate surface area is 136 Å². The first-order valence-corrected chi connectivity index (χ1v) is 10.7. The first-order chi connectivity index (χ1) is 9.86. The zero-order valence-electron chi connectivity index (χ0n) is 11.2. The number of aliphatic imine (C=N–C) groups is 2. The summed E-state index contributed by atoms with van der Waals surface area (Å²) in [4.78, 5) is 26.9. The van der Waals surface area contributed by atoms with Crippen LogP contribution in [0.1, 0.15) is 0 Å². The third-order valence-corrected chi connectivity index (χ3v) is 8.33. The van der Waals surface area contributed by atoms with Crippen LogP contribution in [0.25, 0.3) is 0 Å². The molecule has 2 unspecified atom stereocenters. The highest BCUT2D eigenvalue weighted by atomic mass is 32.2. The lowest BCUT2D eigenvalue weighted by Gasteiger charge is -2.27. The molecule has 0 spiro atoms. The molecule has 4 nitrogen and oxygen atoms in total. The van der Waals surface area contributed by atoms with Crippen molar-refractivity contribution in [1.29, 1.82) is 0 Å². The predicted molar refractivity (Wildman–Crippen MR) is 93.1 cm³/mol. The Hall–Kier alpha value is 0.160. The zero-order valence-corrected chi connectivity index (χ0v) is 14.4. The second kappa shape index (κ2) is 12.9. The Bertz CT molecular complexity index is 315. The van der Waals surface area contributed by atoms with Crippen molar-refractivity contribution in [3.63, 3.8) is 0 Å². The van der Waals surface area contributed by atoms with E-state index in [1.165, 1.54) is 11.5 Å². The van der Waals surface area contributed by atoms with Gasteiger partial charge < -0.3 is 0 Å². The molecule has 0 amide bonds. The molecule has 0 N–H and O–H groups in total. The summed E-state index contributed by atoms with van der Waals surface area (Å²) in [6.45, 7) is 1.17. The molecule has 1 saturated heterocycles. The van der Waals surface area contributed by atoms with Gasteiger partial charge in [0.25, 0.3) is 0 Å². The fraction of sp³-hybridized carbons (Fsp3) is 0.833. The fourth-order valence-corrected chi connectivity index (χ4v) is 7.15. The second-order valence-electron chi connectivity index (χ2n) is 4.01. The van der Waals surface area contributed by atoms with Crippen molar-refractivity contribution in [3.05, 3.63) is 0 Å². The summed E-state index contributed by atoms with van der Waals surface area (Å²) in [6.07, 6.45) is 3.13. The molecule has 1 heterocycles. The van der Waals surface area contributed by atoms with E-state index in [-0.39, 0.29) is 0 Å². The first kappa shape index (κ1) is 18.2. The number of nitrogens with zero attached hydrogens (tertiary/aromatic N) is 2. The summed E-state index contributed by atoms with van der Waals surface area (Å²) < 4.78 is 0. The number of isocyanates is 2. The van der Waals surface area contributed by atoms with E-state index in [2.05, 4.69) is 33.5 Å². The van der Waals surface area contributed by atoms with Gasteiger partial charge >= 0.3 is 0 Å². The van der Waals surface area contributed by atoms with Gasteiger partial charge in [-0.25, -0.2) is 19.6 Å². The van der Waals surface area contributed by atoms with Crippen LogP contribution in [-0.2, 0) is 9.59 Å². The van der Waals surface area contributed by atoms with E-state index in [1.54, 1.807) is 12.2 Å². The number of carbonyl (C=O) groups excluding carboxylic acids is 2. The molecule has 0 radical (unpaired) electrons. The van der Waals surface area contributed by atoms with E-state index in [4.69, 9.17) is 0 Å². The van der Waals surface area contributed by atoms with Crippen molar-refractivity contribution in [3.8, 4) is 0 Å². The minimum Gasteiger partial charge on any atom is -0.211 e. The Morgan fingerprint density at radius 1 is 0.900 bits per heavy atom. The average molecular weight is 351 g/mol. The quantitative estimate of drug-likeness (QED) is 0.342. The van der Waals surface area contributed by atoms with Crippen LogP contribution in [0.15, 0.2) is 9.98 Å². The maximum absolute atomic E-state index is 9.92. The minimum absolute atomic E-state index is 0.585. The Morgan fingerprint density at radius 2 is 1.35 bits per heavy atom. The van der Waals surface area contributed by atoms with E-state index in [1.807, 2.05) is 23.5 Å². The van der Waals surface area contributed by atoms with Gasteiger partial charge in [-0.1, -0.05) is 0 Å². The molecular weight excluding hydrogens is 332 g/mol. The molecule has 0 saturated carbocycles. The van der Waals surface area contributed by atoms with Crippen molar-refractivity contribution >= 4 is 59.2 Å². The van der Waals surface area contributed by atoms with E-state index < -0.39 is 0 Å². The maximum Gasteiger partial charge on any atom is 0.234 e. The van der Waals surface area contributed by atoms with Gasteiger partial charge in [0.1, 0.15) is 0 Å². The molecule has 1 aliphatic rings. The van der Waals surface area contributed by atoms with Crippen molar-refractivity contribution in [2.45, 2.75) is 10.5 Å². The molecule has 0 bridgehead atoms. The number of hydrogen-bond acceptors (Lipinski definition) is 8. The smallest absolute Gasteiger partial charge is 0.211 e. The predicted octanol–water partition coefficient (Wildman–Crippen LogP) is 2.34. The summed E-state index contributed by atoms with van der Waals surface area (Å²) in [7, 11) is 0. The van der Waals surface area contributed by atoms with Gasteiger partial charge in [-0.15, -0.1) is 0 Å². The third kappa shape index (κ3) is 9.16. The average Bonchev–Trinajstić information content (AvgIpc) is 2.48. The Morgan fingerprint density at radius 3 is 1.70 bits per heavy atom. The monoisotopic (exact) mass is 350 g/mol. The van der Waals surface area contributed by atoms with Crippen LogP contribution in [0.3, 0.4) is 0 Å². The molecule has 20 heavy (non-hydrogen) atoms. The molecular formula is C12H18N2O2S4. The minimum atomic E-state index is 0.585. The molecule has 2 atom stereocenters. The van der Waals surface area contributed by atoms with Gasteiger partial charge in [-0.2, -0.15) is 47.0 Å². The first-order valence-electron chi connectivity index (χ1n) is 6.32. The SMILES string of the molecule is O=C=NCCSCC1CSC(CSCCN=C=O)CS1. The van der Waals surface area contributed by atoms with Crippen molar-refractivity contribution in [2.75, 3.05) is 47.6 Å². The molecule has 1 fully saturated rings. The lowest BCUT2D eigenvalue weighted by atomic mass is 10.5. The Kier molecular flexibility index (Phi) is 11.7. The topological polar surface area (TPSA) is 58.9 Å². The van der Waals surface area contributed by atoms with E-state index >= 15 is 0 Å². The van der Waals surface area contributed by atoms with Crippen LogP contribution >= 0.6 is 47.0 Å². The van der Waals surface area contributed by atoms with Gasteiger partial charge in [-0.3, -0.25) is 0 Å². The fourth-order valence-electron chi connectivity index (χ4n) is 1.52. The molecule has 1 aliphatic heterocycles. The summed E-state index contributed by atoms with van der Waals surface area (Å²) in [5.41, 5.74) is 0. The molecule has 8 heteroatoms. The summed E-state index contributed by atoms with van der Waals surface area (Å²) in [6, 6.07) is 0. The summed E-state index contributed by atoms with van der Waals surface area (Å²) >= 11 is 7.84. The molecule has 1 rings (SSSR count). The summed E-state index contributed by atoms with van der Waals surface area (Å²) in [5, 5.41) is 1.43. The van der Waals surface area contributed by atoms with Gasteiger partial charge in [0.2, 0.25) is 12.2 Å². The lowest BCUT2D eigenvalue weighted by molar-refractivity contribution is 0.562. The van der Waals surface area contributed by atoms with Gasteiger partial charge in [-0.05, 0) is 0 Å². The number of rotatable bonds is 10. The van der Waals surface area contributed by atoms with Crippen LogP contribution < -0.4 is 0 Å². The Balaban J connectivity index is 1.99. The molecule has 0 aromatic rings. The van der Waals surface area contributed by atoms with E-state index in [0.717, 1.165) is 23.0 Å². The van der Waals surface area contributed by atoms with Crippen molar-refractivity contribution in [1.82, 2.24) is 0 Å². The highest BCUT2D eigenvalue weighted by molar-refractivity contribution is 8.09. The van der Waals surface area contributed by atoms with E-state index in [0.29, 0.717) is 23.6 Å². The standard InChI is InChI=1S/C12H18N2O2S4/c15-9-13-1-3-17-5-11-7-20-12(8-19-11)6-18-4-2-14-10-16/h11-12H,1-8H2. The van der Waals surface area contributed by atoms with Crippen molar-refractivity contribution < 1.29 is 9.59 Å². The zero-order chi connectivity index (χ0) is 14.5. The van der Waals surface area contributed by atoms with Gasteiger partial charge in [0.05, 0.1) is 13.1 Å². The molecule has 0 aromatic heterocycles. The van der Waals surface area contributed by atoms with Crippen LogP contribution in [-0.4, -0.2) is 70.3 Å². The van der Waals surface area contributed by atoms with Gasteiger partial charge in [0.15, 0.2) is 0 Å².